The van der Waals surface area contributed by atoms with Crippen LogP contribution in [-0.4, -0.2) is 27.3 Å². The number of carbonyl (C=O) groups is 1. The highest BCUT2D eigenvalue weighted by Crippen LogP contribution is 2.41. The largest absolute Gasteiger partial charge is 0.573 e. The minimum Gasteiger partial charge on any atom is -0.480 e. The lowest BCUT2D eigenvalue weighted by Crippen LogP contribution is -2.27. The molecule has 1 aliphatic heterocycles. The van der Waals surface area contributed by atoms with Crippen LogP contribution in [0.4, 0.5) is 24.5 Å². The summed E-state index contributed by atoms with van der Waals surface area (Å²) in [5.41, 5.74) is 0.268. The molecule has 0 bridgehead atoms. The average molecular weight is 437 g/mol. The van der Waals surface area contributed by atoms with E-state index in [1.165, 1.54) is 13.0 Å². The fourth-order valence-electron chi connectivity index (χ4n) is 2.52. The van der Waals surface area contributed by atoms with Crippen LogP contribution in [0, 0.1) is 6.92 Å². The number of fused-ring (bicyclic) bond motifs is 1. The Labute approximate surface area is 162 Å². The predicted molar refractivity (Wildman–Crippen MR) is 94.2 cm³/mol. The molecule has 7 nitrogen and oxygen atoms in total. The Morgan fingerprint density at radius 3 is 2.50 bits per heavy atom. The summed E-state index contributed by atoms with van der Waals surface area (Å²) in [6.07, 6.45) is -4.86. The van der Waals surface area contributed by atoms with Gasteiger partial charge in [-0.05, 0) is 42.8 Å². The van der Waals surface area contributed by atoms with Crippen molar-refractivity contribution < 1.29 is 35.9 Å². The van der Waals surface area contributed by atoms with Gasteiger partial charge in [-0.3, -0.25) is 9.52 Å². The van der Waals surface area contributed by atoms with Crippen LogP contribution in [0.1, 0.15) is 5.56 Å². The second-order valence-electron chi connectivity index (χ2n) is 5.70. The number of halogens is 4. The molecule has 2 aromatic rings. The summed E-state index contributed by atoms with van der Waals surface area (Å²) in [5, 5.41) is 2.55. The van der Waals surface area contributed by atoms with E-state index in [1.54, 1.807) is 0 Å². The zero-order chi connectivity index (χ0) is 20.7. The number of hydrogen-bond donors (Lipinski definition) is 2. The molecule has 0 saturated carbocycles. The maximum atomic E-state index is 12.9. The Kier molecular flexibility index (Phi) is 5.06. The van der Waals surface area contributed by atoms with Crippen molar-refractivity contribution in [3.05, 3.63) is 40.9 Å². The molecule has 2 aromatic carbocycles. The topological polar surface area (TPSA) is 93.7 Å². The van der Waals surface area contributed by atoms with Gasteiger partial charge in [0, 0.05) is 10.7 Å². The highest BCUT2D eigenvalue weighted by molar-refractivity contribution is 7.92. The molecule has 2 N–H and O–H groups in total. The molecule has 0 atom stereocenters. The summed E-state index contributed by atoms with van der Waals surface area (Å²) >= 11 is 6.07. The zero-order valence-corrected chi connectivity index (χ0v) is 15.6. The van der Waals surface area contributed by atoms with Crippen LogP contribution >= 0.6 is 11.6 Å². The Bertz CT molecular complexity index is 1040. The summed E-state index contributed by atoms with van der Waals surface area (Å²) in [7, 11) is -4.25. The molecule has 0 unspecified atom stereocenters. The molecule has 1 amide bonds. The fourth-order valence-corrected chi connectivity index (χ4v) is 4.25. The SMILES string of the molecule is Cc1c(Cl)cc2c(c1S(=O)(=O)Nc1ccc(OC(F)(F)F)cc1)OCC(=O)N2. The van der Waals surface area contributed by atoms with E-state index in [2.05, 4.69) is 14.8 Å². The second-order valence-corrected chi connectivity index (χ2v) is 7.73. The average Bonchev–Trinajstić information content (AvgIpc) is 2.56. The van der Waals surface area contributed by atoms with Gasteiger partial charge in [0.25, 0.3) is 15.9 Å². The van der Waals surface area contributed by atoms with E-state index < -0.39 is 28.0 Å². The van der Waals surface area contributed by atoms with Gasteiger partial charge in [-0.25, -0.2) is 8.42 Å². The number of ether oxygens (including phenoxy) is 2. The Hall–Kier alpha value is -2.66. The molecule has 0 aromatic heterocycles. The molecule has 1 aliphatic rings. The van der Waals surface area contributed by atoms with Crippen LogP contribution in [0.3, 0.4) is 0 Å². The van der Waals surface area contributed by atoms with Gasteiger partial charge in [0.2, 0.25) is 0 Å². The van der Waals surface area contributed by atoms with Gasteiger partial charge in [0.05, 0.1) is 5.69 Å². The number of anilines is 2. The molecule has 0 spiro atoms. The van der Waals surface area contributed by atoms with Crippen LogP contribution in [0.5, 0.6) is 11.5 Å². The monoisotopic (exact) mass is 436 g/mol. The van der Waals surface area contributed by atoms with E-state index in [0.29, 0.717) is 0 Å². The number of sulfonamides is 1. The number of nitrogens with one attached hydrogen (secondary N) is 2. The van der Waals surface area contributed by atoms with Crippen LogP contribution in [0.25, 0.3) is 0 Å². The van der Waals surface area contributed by atoms with E-state index in [4.69, 9.17) is 16.3 Å². The molecule has 3 rings (SSSR count). The van der Waals surface area contributed by atoms with Crippen LogP contribution in [0.15, 0.2) is 35.2 Å². The maximum Gasteiger partial charge on any atom is 0.573 e. The summed E-state index contributed by atoms with van der Waals surface area (Å²) < 4.78 is 73.6. The van der Waals surface area contributed by atoms with E-state index in [1.807, 2.05) is 0 Å². The zero-order valence-electron chi connectivity index (χ0n) is 14.1. The van der Waals surface area contributed by atoms with Crippen molar-refractivity contribution in [3.63, 3.8) is 0 Å². The van der Waals surface area contributed by atoms with Crippen molar-refractivity contribution in [1.29, 1.82) is 0 Å². The normalized spacial score (nSPS) is 14.0. The number of hydrogen-bond acceptors (Lipinski definition) is 5. The van der Waals surface area contributed by atoms with Crippen molar-refractivity contribution in [1.82, 2.24) is 0 Å². The summed E-state index contributed by atoms with van der Waals surface area (Å²) in [5.74, 6) is -1.05. The predicted octanol–water partition coefficient (Wildman–Crippen LogP) is 3.68. The minimum atomic E-state index is -4.86. The van der Waals surface area contributed by atoms with Crippen LogP contribution in [-0.2, 0) is 14.8 Å². The van der Waals surface area contributed by atoms with Crippen molar-refractivity contribution in [3.8, 4) is 11.5 Å². The highest BCUT2D eigenvalue weighted by atomic mass is 35.5. The van der Waals surface area contributed by atoms with Gasteiger partial charge >= 0.3 is 6.36 Å². The summed E-state index contributed by atoms with van der Waals surface area (Å²) in [6.45, 7) is 1.08. The lowest BCUT2D eigenvalue weighted by atomic mass is 10.2. The lowest BCUT2D eigenvalue weighted by molar-refractivity contribution is -0.274. The Morgan fingerprint density at radius 1 is 1.25 bits per heavy atom. The first-order valence-electron chi connectivity index (χ1n) is 7.60. The molecule has 1 heterocycles. The molecule has 0 aliphatic carbocycles. The van der Waals surface area contributed by atoms with Gasteiger partial charge < -0.3 is 14.8 Å². The molecular weight excluding hydrogens is 425 g/mol. The quantitative estimate of drug-likeness (QED) is 0.762. The number of alkyl halides is 3. The maximum absolute atomic E-state index is 12.9. The van der Waals surface area contributed by atoms with Crippen molar-refractivity contribution in [2.45, 2.75) is 18.2 Å². The van der Waals surface area contributed by atoms with E-state index in [-0.39, 0.29) is 39.2 Å². The first-order valence-corrected chi connectivity index (χ1v) is 9.47. The van der Waals surface area contributed by atoms with E-state index in [9.17, 15) is 26.4 Å². The number of carbonyl (C=O) groups excluding carboxylic acids is 1. The third kappa shape index (κ3) is 4.25. The van der Waals surface area contributed by atoms with Gasteiger partial charge in [0.1, 0.15) is 10.6 Å². The van der Waals surface area contributed by atoms with Crippen LogP contribution < -0.4 is 19.5 Å². The molecule has 0 radical (unpaired) electrons. The highest BCUT2D eigenvalue weighted by Gasteiger charge is 2.32. The molecule has 28 heavy (non-hydrogen) atoms. The minimum absolute atomic E-state index is 0.0116. The van der Waals surface area contributed by atoms with Crippen molar-refractivity contribution in [2.75, 3.05) is 16.6 Å². The Balaban J connectivity index is 1.95. The third-order valence-corrected chi connectivity index (χ3v) is 5.58. The standard InChI is InChI=1S/C16H12ClF3N2O5S/c1-8-11(17)6-12-14(26-7-13(23)21-12)15(8)28(24,25)22-9-2-4-10(5-3-9)27-16(18,19)20/h2-6,22H,7H2,1H3,(H,21,23). The van der Waals surface area contributed by atoms with E-state index in [0.717, 1.165) is 24.3 Å². The summed E-state index contributed by atoms with van der Waals surface area (Å²) in [4.78, 5) is 11.2. The van der Waals surface area contributed by atoms with Crippen molar-refractivity contribution in [2.24, 2.45) is 0 Å². The van der Waals surface area contributed by atoms with Gasteiger partial charge in [0.15, 0.2) is 12.4 Å². The third-order valence-electron chi connectivity index (χ3n) is 3.65. The molecule has 0 fully saturated rings. The molecule has 150 valence electrons. The first kappa shape index (κ1) is 20.1. The number of amides is 1. The second kappa shape index (κ2) is 7.06. The fraction of sp³-hybridized carbons (Fsp3) is 0.188. The van der Waals surface area contributed by atoms with Gasteiger partial charge in [-0.15, -0.1) is 13.2 Å². The van der Waals surface area contributed by atoms with Gasteiger partial charge in [-0.1, -0.05) is 11.6 Å². The Morgan fingerprint density at radius 2 is 1.89 bits per heavy atom. The van der Waals surface area contributed by atoms with Crippen LogP contribution in [0.2, 0.25) is 5.02 Å². The molecule has 0 saturated heterocycles. The molecule has 12 heteroatoms. The number of benzene rings is 2. The lowest BCUT2D eigenvalue weighted by Gasteiger charge is -2.23. The molecular formula is C16H12ClF3N2O5S. The number of rotatable bonds is 4. The summed E-state index contributed by atoms with van der Waals surface area (Å²) in [6, 6.07) is 5.50. The van der Waals surface area contributed by atoms with Crippen molar-refractivity contribution >= 4 is 38.9 Å². The first-order chi connectivity index (χ1) is 13.0. The van der Waals surface area contributed by atoms with Gasteiger partial charge in [-0.2, -0.15) is 0 Å². The van der Waals surface area contributed by atoms with E-state index >= 15 is 0 Å². The smallest absolute Gasteiger partial charge is 0.480 e.